The number of nitrogens with zero attached hydrogens (tertiary/aromatic N) is 3. The van der Waals surface area contributed by atoms with Crippen LogP contribution in [-0.4, -0.2) is 32.5 Å². The summed E-state index contributed by atoms with van der Waals surface area (Å²) < 4.78 is 1.41. The lowest BCUT2D eigenvalue weighted by Gasteiger charge is -2.32. The Morgan fingerprint density at radius 2 is 1.77 bits per heavy atom. The van der Waals surface area contributed by atoms with Crippen LogP contribution >= 0.6 is 0 Å². The maximum atomic E-state index is 12.1. The number of piperidine rings is 1. The molecule has 0 aliphatic carbocycles. The third kappa shape index (κ3) is 4.20. The first-order valence-electron chi connectivity index (χ1n) is 10.6. The van der Waals surface area contributed by atoms with E-state index in [2.05, 4.69) is 63.4 Å². The van der Waals surface area contributed by atoms with Crippen molar-refractivity contribution in [3.63, 3.8) is 0 Å². The van der Waals surface area contributed by atoms with E-state index in [1.54, 1.807) is 6.20 Å². The van der Waals surface area contributed by atoms with Gasteiger partial charge in [-0.1, -0.05) is 36.4 Å². The summed E-state index contributed by atoms with van der Waals surface area (Å²) in [5, 5.41) is 1.000. The first kappa shape index (κ1) is 19.5. The minimum atomic E-state index is -0.462. The van der Waals surface area contributed by atoms with Gasteiger partial charge < -0.3 is 0 Å². The fourth-order valence-corrected chi connectivity index (χ4v) is 4.41. The average Bonchev–Trinajstić information content (AvgIpc) is 2.80. The van der Waals surface area contributed by atoms with E-state index in [4.69, 9.17) is 0 Å². The number of aromatic amines is 1. The molecule has 4 aromatic rings. The van der Waals surface area contributed by atoms with Gasteiger partial charge in [0, 0.05) is 24.2 Å². The molecular weight excluding hydrogens is 388 g/mol. The molecule has 1 fully saturated rings. The summed E-state index contributed by atoms with van der Waals surface area (Å²) in [6, 6.07) is 20.4. The minimum absolute atomic E-state index is 0.407. The van der Waals surface area contributed by atoms with Gasteiger partial charge in [0.2, 0.25) is 0 Å². The van der Waals surface area contributed by atoms with Crippen LogP contribution in [0.15, 0.2) is 82.6 Å². The quantitative estimate of drug-likeness (QED) is 0.557. The highest BCUT2D eigenvalue weighted by Crippen LogP contribution is 2.30. The number of likely N-dealkylation sites (tertiary alicyclic amines) is 1. The van der Waals surface area contributed by atoms with Gasteiger partial charge in [-0.2, -0.15) is 0 Å². The van der Waals surface area contributed by atoms with Crippen LogP contribution in [-0.2, 0) is 6.54 Å². The number of pyridine rings is 1. The molecule has 5 rings (SSSR count). The Morgan fingerprint density at radius 3 is 2.55 bits per heavy atom. The summed E-state index contributed by atoms with van der Waals surface area (Å²) in [7, 11) is 0. The number of H-pyrrole nitrogens is 1. The monoisotopic (exact) mass is 412 g/mol. The highest BCUT2D eigenvalue weighted by Gasteiger charge is 2.21. The maximum Gasteiger partial charge on any atom is 0.332 e. The number of nitrogens with one attached hydrogen (secondary N) is 1. The molecule has 6 nitrogen and oxygen atoms in total. The van der Waals surface area contributed by atoms with Crippen LogP contribution in [0.2, 0.25) is 0 Å². The van der Waals surface area contributed by atoms with Gasteiger partial charge >= 0.3 is 5.69 Å². The normalized spacial score (nSPS) is 15.4. The highest BCUT2D eigenvalue weighted by atomic mass is 16.2. The van der Waals surface area contributed by atoms with Crippen molar-refractivity contribution in [3.05, 3.63) is 105 Å². The molecular formula is C25H24N4O2. The minimum Gasteiger partial charge on any atom is -0.299 e. The molecule has 156 valence electrons. The Morgan fingerprint density at radius 1 is 0.968 bits per heavy atom. The van der Waals surface area contributed by atoms with E-state index in [0.717, 1.165) is 43.4 Å². The Kier molecular flexibility index (Phi) is 5.22. The van der Waals surface area contributed by atoms with E-state index in [-0.39, 0.29) is 0 Å². The lowest BCUT2D eigenvalue weighted by Crippen LogP contribution is -2.32. The molecule has 0 radical (unpaired) electrons. The van der Waals surface area contributed by atoms with Gasteiger partial charge in [-0.15, -0.1) is 0 Å². The van der Waals surface area contributed by atoms with E-state index in [1.807, 2.05) is 6.07 Å². The second kappa shape index (κ2) is 8.32. The summed E-state index contributed by atoms with van der Waals surface area (Å²) in [4.78, 5) is 32.8. The van der Waals surface area contributed by atoms with Gasteiger partial charge in [-0.25, -0.2) is 4.79 Å². The summed E-state index contributed by atoms with van der Waals surface area (Å²) in [6.07, 6.45) is 5.40. The van der Waals surface area contributed by atoms with Gasteiger partial charge in [0.1, 0.15) is 0 Å². The van der Waals surface area contributed by atoms with Crippen molar-refractivity contribution < 1.29 is 0 Å². The van der Waals surface area contributed by atoms with Crippen LogP contribution in [0.5, 0.6) is 0 Å². The van der Waals surface area contributed by atoms with Crippen LogP contribution in [0.4, 0.5) is 0 Å². The third-order valence-electron chi connectivity index (χ3n) is 6.10. The van der Waals surface area contributed by atoms with Crippen molar-refractivity contribution in [1.29, 1.82) is 0 Å². The molecule has 3 heterocycles. The van der Waals surface area contributed by atoms with E-state index in [9.17, 15) is 9.59 Å². The Balaban J connectivity index is 1.35. The lowest BCUT2D eigenvalue weighted by atomic mass is 9.88. The molecule has 1 aliphatic heterocycles. The topological polar surface area (TPSA) is 71.0 Å². The fourth-order valence-electron chi connectivity index (χ4n) is 4.41. The van der Waals surface area contributed by atoms with Gasteiger partial charge in [0.25, 0.3) is 5.56 Å². The van der Waals surface area contributed by atoms with E-state index < -0.39 is 11.2 Å². The Bertz CT molecular complexity index is 1320. The zero-order chi connectivity index (χ0) is 21.2. The molecule has 0 spiro atoms. The van der Waals surface area contributed by atoms with Crippen molar-refractivity contribution >= 4 is 10.9 Å². The van der Waals surface area contributed by atoms with Gasteiger partial charge in [-0.3, -0.25) is 24.2 Å². The zero-order valence-electron chi connectivity index (χ0n) is 17.2. The van der Waals surface area contributed by atoms with E-state index in [0.29, 0.717) is 11.6 Å². The molecule has 0 atom stereocenters. The number of benzene rings is 2. The number of fused-ring (bicyclic) bond motifs is 1. The lowest BCUT2D eigenvalue weighted by molar-refractivity contribution is 0.204. The number of rotatable bonds is 4. The highest BCUT2D eigenvalue weighted by molar-refractivity contribution is 5.81. The Hall–Kier alpha value is -3.51. The molecule has 0 amide bonds. The van der Waals surface area contributed by atoms with Crippen LogP contribution in [0.25, 0.3) is 16.6 Å². The molecule has 2 aromatic heterocycles. The largest absolute Gasteiger partial charge is 0.332 e. The zero-order valence-corrected chi connectivity index (χ0v) is 17.2. The Labute approximate surface area is 179 Å². The number of hydrogen-bond acceptors (Lipinski definition) is 4. The van der Waals surface area contributed by atoms with E-state index in [1.165, 1.54) is 28.0 Å². The third-order valence-corrected chi connectivity index (χ3v) is 6.10. The van der Waals surface area contributed by atoms with Crippen molar-refractivity contribution in [3.8, 4) is 5.69 Å². The molecule has 1 N–H and O–H groups in total. The first-order valence-corrected chi connectivity index (χ1v) is 10.6. The van der Waals surface area contributed by atoms with E-state index >= 15 is 0 Å². The molecule has 0 saturated carbocycles. The van der Waals surface area contributed by atoms with Crippen molar-refractivity contribution in [2.45, 2.75) is 25.3 Å². The standard InChI is InChI=1S/C25H24N4O2/c30-24-10-13-29(25(31)27-24)22-15-21-14-20(6-7-23(21)26-16-22)19-8-11-28(12-9-19)17-18-4-2-1-3-5-18/h1-7,10,13-16,19H,8-9,11-12,17H2,(H,27,30,31). The predicted octanol–water partition coefficient (Wildman–Crippen LogP) is 3.45. The summed E-state index contributed by atoms with van der Waals surface area (Å²) in [5.41, 5.74) is 3.35. The summed E-state index contributed by atoms with van der Waals surface area (Å²) in [6.45, 7) is 3.18. The van der Waals surface area contributed by atoms with Gasteiger partial charge in [-0.05, 0) is 61.2 Å². The van der Waals surface area contributed by atoms with Crippen molar-refractivity contribution in [2.75, 3.05) is 13.1 Å². The molecule has 0 unspecified atom stereocenters. The number of hydrogen-bond donors (Lipinski definition) is 1. The molecule has 31 heavy (non-hydrogen) atoms. The number of aromatic nitrogens is 3. The van der Waals surface area contributed by atoms with Gasteiger partial charge in [0.15, 0.2) is 0 Å². The molecule has 0 bridgehead atoms. The van der Waals surface area contributed by atoms with Crippen LogP contribution < -0.4 is 11.2 Å². The van der Waals surface area contributed by atoms with Crippen LogP contribution in [0, 0.1) is 0 Å². The average molecular weight is 412 g/mol. The molecule has 1 saturated heterocycles. The molecule has 2 aromatic carbocycles. The predicted molar refractivity (Wildman–Crippen MR) is 122 cm³/mol. The molecule has 1 aliphatic rings. The second-order valence-corrected chi connectivity index (χ2v) is 8.16. The van der Waals surface area contributed by atoms with Crippen molar-refractivity contribution in [2.24, 2.45) is 0 Å². The van der Waals surface area contributed by atoms with Crippen LogP contribution in [0.3, 0.4) is 0 Å². The van der Waals surface area contributed by atoms with Crippen LogP contribution in [0.1, 0.15) is 29.9 Å². The fraction of sp³-hybridized carbons (Fsp3) is 0.240. The smallest absolute Gasteiger partial charge is 0.299 e. The van der Waals surface area contributed by atoms with Gasteiger partial charge in [0.05, 0.1) is 17.4 Å². The first-order chi connectivity index (χ1) is 15.2. The summed E-state index contributed by atoms with van der Waals surface area (Å²) >= 11 is 0. The maximum absolute atomic E-state index is 12.1. The molecule has 6 heteroatoms. The summed E-state index contributed by atoms with van der Waals surface area (Å²) in [5.74, 6) is 0.524. The van der Waals surface area contributed by atoms with Crippen molar-refractivity contribution in [1.82, 2.24) is 19.4 Å². The SMILES string of the molecule is O=c1ccn(-c2cnc3ccc(C4CCN(Cc5ccccc5)CC4)cc3c2)c(=O)[nH]1. The second-order valence-electron chi connectivity index (χ2n) is 8.16.